The minimum Gasteiger partial charge on any atom is -0.503 e. The van der Waals surface area contributed by atoms with Gasteiger partial charge < -0.3 is 19.3 Å². The van der Waals surface area contributed by atoms with Gasteiger partial charge in [-0.15, -0.1) is 0 Å². The van der Waals surface area contributed by atoms with Crippen LogP contribution in [0.1, 0.15) is 49.7 Å². The number of aliphatic imine (C=N–C) groups is 1. The van der Waals surface area contributed by atoms with Crippen molar-refractivity contribution in [3.63, 3.8) is 0 Å². The van der Waals surface area contributed by atoms with E-state index in [4.69, 9.17) is 19.2 Å². The maximum Gasteiger partial charge on any atom is 0.336 e. The highest BCUT2D eigenvalue weighted by Gasteiger charge is 2.46. The summed E-state index contributed by atoms with van der Waals surface area (Å²) in [6, 6.07) is 11.2. The molecular formula is C27H28BrNO6. The number of phenolic OH excluding ortho intramolecular Hbond substituents is 1. The topological polar surface area (TPSA) is 94.4 Å². The summed E-state index contributed by atoms with van der Waals surface area (Å²) in [6.45, 7) is 3.94. The second kappa shape index (κ2) is 10.2. The first-order valence-electron chi connectivity index (χ1n) is 11.5. The zero-order valence-corrected chi connectivity index (χ0v) is 21.7. The number of nitrogens with zero attached hydrogens (tertiary/aromatic N) is 1. The van der Waals surface area contributed by atoms with Crippen LogP contribution in [0.15, 0.2) is 57.1 Å². The van der Waals surface area contributed by atoms with Crippen LogP contribution in [-0.2, 0) is 14.3 Å². The van der Waals surface area contributed by atoms with Gasteiger partial charge in [-0.1, -0.05) is 12.1 Å². The molecule has 0 saturated heterocycles. The highest BCUT2D eigenvalue weighted by atomic mass is 79.9. The lowest BCUT2D eigenvalue weighted by atomic mass is 9.66. The largest absolute Gasteiger partial charge is 0.503 e. The predicted octanol–water partition coefficient (Wildman–Crippen LogP) is 5.31. The summed E-state index contributed by atoms with van der Waals surface area (Å²) in [7, 11) is 2.94. The number of allylic oxidation sites excluding steroid dienone is 1. The van der Waals surface area contributed by atoms with Crippen LogP contribution in [-0.4, -0.2) is 43.4 Å². The molecule has 1 unspecified atom stereocenters. The van der Waals surface area contributed by atoms with Crippen molar-refractivity contribution in [2.24, 2.45) is 10.9 Å². The number of aromatic hydroxyl groups is 1. The molecule has 0 aromatic heterocycles. The van der Waals surface area contributed by atoms with Crippen molar-refractivity contribution in [2.45, 2.75) is 38.5 Å². The van der Waals surface area contributed by atoms with E-state index >= 15 is 0 Å². The van der Waals surface area contributed by atoms with E-state index in [9.17, 15) is 14.7 Å². The Morgan fingerprint density at radius 2 is 1.83 bits per heavy atom. The van der Waals surface area contributed by atoms with E-state index in [0.717, 1.165) is 17.0 Å². The zero-order valence-electron chi connectivity index (χ0n) is 20.1. The van der Waals surface area contributed by atoms with Gasteiger partial charge in [-0.3, -0.25) is 9.79 Å². The highest BCUT2D eigenvalue weighted by Crippen LogP contribution is 2.48. The number of Topliss-reactive ketones (excluding diaryl/α,β-unsaturated/α-hetero) is 1. The van der Waals surface area contributed by atoms with Crippen LogP contribution in [0.3, 0.4) is 0 Å². The van der Waals surface area contributed by atoms with E-state index in [0.29, 0.717) is 40.8 Å². The molecular weight excluding hydrogens is 514 g/mol. The summed E-state index contributed by atoms with van der Waals surface area (Å²) in [5, 5.41) is 10.4. The van der Waals surface area contributed by atoms with Crippen molar-refractivity contribution >= 4 is 33.4 Å². The third-order valence-corrected chi connectivity index (χ3v) is 7.26. The van der Waals surface area contributed by atoms with Gasteiger partial charge in [0.15, 0.2) is 11.5 Å². The normalized spacial score (nSPS) is 21.8. The average molecular weight is 542 g/mol. The second-order valence-electron chi connectivity index (χ2n) is 8.68. The van der Waals surface area contributed by atoms with Gasteiger partial charge >= 0.3 is 5.97 Å². The smallest absolute Gasteiger partial charge is 0.336 e. The summed E-state index contributed by atoms with van der Waals surface area (Å²) < 4.78 is 16.4. The molecule has 35 heavy (non-hydrogen) atoms. The molecule has 7 nitrogen and oxygen atoms in total. The number of methoxy groups -OCH3 is 2. The highest BCUT2D eigenvalue weighted by molar-refractivity contribution is 9.10. The SMILES string of the molecule is CCOc1cc([C@@H]2C(C(=O)OC)=C(C)N=C3C[C@H](c4ccc(OC)cc4)CC(=O)C32)cc(Br)c1O. The molecule has 1 aliphatic carbocycles. The van der Waals surface area contributed by atoms with Crippen molar-refractivity contribution < 1.29 is 28.9 Å². The first kappa shape index (κ1) is 25.0. The molecule has 1 N–H and O–H groups in total. The lowest BCUT2D eigenvalue weighted by molar-refractivity contribution is -0.136. The van der Waals surface area contributed by atoms with Crippen molar-refractivity contribution in [3.05, 3.63) is 63.3 Å². The van der Waals surface area contributed by atoms with E-state index in [2.05, 4.69) is 15.9 Å². The van der Waals surface area contributed by atoms with Crippen molar-refractivity contribution in [1.29, 1.82) is 0 Å². The third-order valence-electron chi connectivity index (χ3n) is 6.66. The fourth-order valence-corrected chi connectivity index (χ4v) is 5.52. The fraction of sp³-hybridized carbons (Fsp3) is 0.370. The van der Waals surface area contributed by atoms with Gasteiger partial charge in [0.25, 0.3) is 0 Å². The first-order chi connectivity index (χ1) is 16.8. The molecule has 0 radical (unpaired) electrons. The number of carbonyl (C=O) groups excluding carboxylic acids is 2. The van der Waals surface area contributed by atoms with Crippen LogP contribution in [0.5, 0.6) is 17.2 Å². The van der Waals surface area contributed by atoms with Crippen molar-refractivity contribution in [2.75, 3.05) is 20.8 Å². The van der Waals surface area contributed by atoms with Crippen LogP contribution < -0.4 is 9.47 Å². The van der Waals surface area contributed by atoms with E-state index < -0.39 is 17.8 Å². The minimum absolute atomic E-state index is 0.0110. The molecule has 8 heteroatoms. The standard InChI is InChI=1S/C27H28BrNO6/c1-5-35-22-13-17(10-19(28)26(22)31)24-23(27(32)34-4)14(2)29-20-11-16(12-21(30)25(20)24)15-6-8-18(33-3)9-7-15/h6-10,13,16,24-25,31H,5,11-12H2,1-4H3/t16-,24+,25?/m0/s1. The number of rotatable bonds is 6. The molecule has 4 rings (SSSR count). The molecule has 1 heterocycles. The Balaban J connectivity index is 1.80. The van der Waals surface area contributed by atoms with Crippen LogP contribution in [0.2, 0.25) is 0 Å². The summed E-state index contributed by atoms with van der Waals surface area (Å²) in [5.74, 6) is -0.726. The lowest BCUT2D eigenvalue weighted by Gasteiger charge is -2.38. The Bertz CT molecular complexity index is 1220. The number of ketones is 1. The van der Waals surface area contributed by atoms with Crippen LogP contribution in [0.4, 0.5) is 0 Å². The molecule has 1 fully saturated rings. The van der Waals surface area contributed by atoms with Crippen molar-refractivity contribution in [1.82, 2.24) is 0 Å². The predicted molar refractivity (Wildman–Crippen MR) is 135 cm³/mol. The van der Waals surface area contributed by atoms with E-state index in [1.165, 1.54) is 7.11 Å². The molecule has 0 amide bonds. The minimum atomic E-state index is -0.604. The number of carbonyl (C=O) groups is 2. The number of benzene rings is 2. The van der Waals surface area contributed by atoms with Gasteiger partial charge in [-0.05, 0) is 77.5 Å². The number of fused-ring (bicyclic) bond motifs is 1. The first-order valence-corrected chi connectivity index (χ1v) is 12.3. The van der Waals surface area contributed by atoms with Gasteiger partial charge in [0.2, 0.25) is 0 Å². The Labute approximate surface area is 212 Å². The zero-order chi connectivity index (χ0) is 25.3. The summed E-state index contributed by atoms with van der Waals surface area (Å²) in [5.41, 5.74) is 3.34. The monoisotopic (exact) mass is 541 g/mol. The molecule has 184 valence electrons. The Kier molecular flexibility index (Phi) is 7.31. The molecule has 2 aromatic rings. The van der Waals surface area contributed by atoms with Crippen LogP contribution in [0, 0.1) is 5.92 Å². The molecule has 0 bridgehead atoms. The van der Waals surface area contributed by atoms with Gasteiger partial charge in [0.05, 0.1) is 36.8 Å². The molecule has 0 spiro atoms. The number of hydrogen-bond acceptors (Lipinski definition) is 7. The molecule has 2 aromatic carbocycles. The Morgan fingerprint density at radius 3 is 2.46 bits per heavy atom. The molecule has 3 atom stereocenters. The van der Waals surface area contributed by atoms with Gasteiger partial charge in [0.1, 0.15) is 11.5 Å². The van der Waals surface area contributed by atoms with Crippen molar-refractivity contribution in [3.8, 4) is 17.2 Å². The number of hydrogen-bond donors (Lipinski definition) is 1. The summed E-state index contributed by atoms with van der Waals surface area (Å²) in [6.07, 6.45) is 0.931. The molecule has 1 saturated carbocycles. The summed E-state index contributed by atoms with van der Waals surface area (Å²) in [4.78, 5) is 31.3. The van der Waals surface area contributed by atoms with E-state index in [1.807, 2.05) is 31.2 Å². The quantitative estimate of drug-likeness (QED) is 0.498. The third kappa shape index (κ3) is 4.72. The van der Waals surface area contributed by atoms with Crippen LogP contribution >= 0.6 is 15.9 Å². The Morgan fingerprint density at radius 1 is 1.11 bits per heavy atom. The Hall–Kier alpha value is -3.13. The maximum absolute atomic E-state index is 13.7. The van der Waals surface area contributed by atoms with Gasteiger partial charge in [0, 0.05) is 23.7 Å². The number of phenols is 1. The number of halogens is 1. The van der Waals surface area contributed by atoms with E-state index in [-0.39, 0.29) is 23.2 Å². The average Bonchev–Trinajstić information content (AvgIpc) is 2.85. The molecule has 2 aliphatic rings. The number of ether oxygens (including phenoxy) is 3. The fourth-order valence-electron chi connectivity index (χ4n) is 5.06. The van der Waals surface area contributed by atoms with E-state index in [1.54, 1.807) is 26.2 Å². The summed E-state index contributed by atoms with van der Waals surface area (Å²) >= 11 is 3.39. The number of esters is 1. The molecule has 1 aliphatic heterocycles. The van der Waals surface area contributed by atoms with Crippen LogP contribution in [0.25, 0.3) is 0 Å². The second-order valence-corrected chi connectivity index (χ2v) is 9.53. The van der Waals surface area contributed by atoms with Gasteiger partial charge in [-0.2, -0.15) is 0 Å². The lowest BCUT2D eigenvalue weighted by Crippen LogP contribution is -2.41. The maximum atomic E-state index is 13.7. The van der Waals surface area contributed by atoms with Gasteiger partial charge in [-0.25, -0.2) is 4.79 Å².